The predicted molar refractivity (Wildman–Crippen MR) is 98.1 cm³/mol. The fraction of sp³-hybridized carbons (Fsp3) is 0.176. The Balaban J connectivity index is 1.98. The van der Waals surface area contributed by atoms with Gasteiger partial charge in [-0.3, -0.25) is 14.8 Å². The van der Waals surface area contributed by atoms with E-state index in [0.29, 0.717) is 9.99 Å². The van der Waals surface area contributed by atoms with Crippen LogP contribution in [0, 0.1) is 21.0 Å². The van der Waals surface area contributed by atoms with Gasteiger partial charge in [-0.15, -0.1) is 0 Å². The number of hydrogen-bond donors (Lipinski definition) is 3. The molecular formula is C17H13F3IN3O3. The smallest absolute Gasteiger partial charge is 0.266 e. The number of amides is 2. The van der Waals surface area contributed by atoms with Crippen molar-refractivity contribution in [3.8, 4) is 0 Å². The van der Waals surface area contributed by atoms with E-state index in [0.717, 1.165) is 17.0 Å². The molecule has 1 aliphatic rings. The van der Waals surface area contributed by atoms with Crippen molar-refractivity contribution < 1.29 is 28.0 Å². The van der Waals surface area contributed by atoms with Gasteiger partial charge >= 0.3 is 0 Å². The van der Waals surface area contributed by atoms with Gasteiger partial charge < -0.3 is 10.2 Å². The van der Waals surface area contributed by atoms with E-state index >= 15 is 0 Å². The Morgan fingerprint density at radius 1 is 1.15 bits per heavy atom. The monoisotopic (exact) mass is 491 g/mol. The van der Waals surface area contributed by atoms with Gasteiger partial charge in [0.05, 0.1) is 16.9 Å². The predicted octanol–water partition coefficient (Wildman–Crippen LogP) is 3.17. The zero-order valence-electron chi connectivity index (χ0n) is 13.6. The van der Waals surface area contributed by atoms with Crippen molar-refractivity contribution in [1.29, 1.82) is 0 Å². The summed E-state index contributed by atoms with van der Waals surface area (Å²) < 4.78 is 42.8. The normalized spacial score (nSPS) is 15.9. The molecule has 6 nitrogen and oxygen atoms in total. The molecule has 0 spiro atoms. The molecule has 2 amide bonds. The van der Waals surface area contributed by atoms with Crippen LogP contribution in [0.5, 0.6) is 0 Å². The number of carbonyl (C=O) groups excluding carboxylic acids is 2. The molecular weight excluding hydrogens is 478 g/mol. The topological polar surface area (TPSA) is 81.7 Å². The maximum atomic E-state index is 14.4. The molecule has 27 heavy (non-hydrogen) atoms. The molecule has 1 heterocycles. The first-order chi connectivity index (χ1) is 12.8. The van der Waals surface area contributed by atoms with Crippen molar-refractivity contribution in [3.63, 3.8) is 0 Å². The average Bonchev–Trinajstić information content (AvgIpc) is 2.59. The molecule has 1 aliphatic heterocycles. The maximum Gasteiger partial charge on any atom is 0.266 e. The molecule has 1 atom stereocenters. The van der Waals surface area contributed by atoms with Gasteiger partial charge in [0.1, 0.15) is 11.9 Å². The van der Waals surface area contributed by atoms with E-state index < -0.39 is 41.0 Å². The van der Waals surface area contributed by atoms with E-state index in [-0.39, 0.29) is 17.8 Å². The number of halogens is 4. The van der Waals surface area contributed by atoms with Gasteiger partial charge in [-0.25, -0.2) is 18.7 Å². The number of hydrogen-bond acceptors (Lipinski definition) is 4. The minimum absolute atomic E-state index is 0.137. The molecule has 1 unspecified atom stereocenters. The fourth-order valence-electron chi connectivity index (χ4n) is 2.71. The summed E-state index contributed by atoms with van der Waals surface area (Å²) in [6.45, 7) is 0.202. The summed E-state index contributed by atoms with van der Waals surface area (Å²) in [7, 11) is 0. The summed E-state index contributed by atoms with van der Waals surface area (Å²) in [5.74, 6) is -4.79. The molecule has 0 aliphatic carbocycles. The Morgan fingerprint density at radius 3 is 2.48 bits per heavy atom. The molecule has 10 heteroatoms. The van der Waals surface area contributed by atoms with E-state index in [1.54, 1.807) is 6.07 Å². The second-order valence-corrected chi connectivity index (χ2v) is 7.06. The van der Waals surface area contributed by atoms with Gasteiger partial charge in [-0.2, -0.15) is 0 Å². The van der Waals surface area contributed by atoms with Gasteiger partial charge in [0.15, 0.2) is 11.6 Å². The summed E-state index contributed by atoms with van der Waals surface area (Å²) in [5.41, 5.74) is 0.527. The average molecular weight is 491 g/mol. The standard InChI is InChI=1S/C17H13F3IN3O3/c18-10-3-2-9(17(26)24-6-5-13(24)16(25)23-27)15(14(10)20)22-12-4-1-8(21)7-11(12)19/h1-4,7,13,22,27H,5-6H2,(H,23,25). The summed E-state index contributed by atoms with van der Waals surface area (Å²) in [5, 5.41) is 11.1. The van der Waals surface area contributed by atoms with Gasteiger partial charge in [-0.05, 0) is 59.3 Å². The van der Waals surface area contributed by atoms with Crippen LogP contribution in [0.25, 0.3) is 0 Å². The zero-order chi connectivity index (χ0) is 19.7. The number of nitrogens with one attached hydrogen (secondary N) is 2. The van der Waals surface area contributed by atoms with Crippen molar-refractivity contribution in [3.05, 3.63) is 56.9 Å². The number of nitrogens with zero attached hydrogens (tertiary/aromatic N) is 1. The lowest BCUT2D eigenvalue weighted by molar-refractivity contribution is -0.137. The molecule has 1 saturated heterocycles. The van der Waals surface area contributed by atoms with Gasteiger partial charge in [-0.1, -0.05) is 0 Å². The van der Waals surface area contributed by atoms with E-state index in [1.165, 1.54) is 17.6 Å². The van der Waals surface area contributed by atoms with Crippen molar-refractivity contribution >= 4 is 45.8 Å². The number of anilines is 2. The van der Waals surface area contributed by atoms with Crippen LogP contribution in [0.2, 0.25) is 0 Å². The third kappa shape index (κ3) is 3.72. The maximum absolute atomic E-state index is 14.4. The van der Waals surface area contributed by atoms with Crippen LogP contribution in [0.3, 0.4) is 0 Å². The second-order valence-electron chi connectivity index (χ2n) is 5.81. The lowest BCUT2D eigenvalue weighted by Crippen LogP contribution is -2.58. The minimum atomic E-state index is -1.34. The molecule has 2 aromatic rings. The number of benzene rings is 2. The Bertz CT molecular complexity index is 926. The van der Waals surface area contributed by atoms with Crippen molar-refractivity contribution in [2.24, 2.45) is 0 Å². The zero-order valence-corrected chi connectivity index (χ0v) is 15.8. The van der Waals surface area contributed by atoms with E-state index in [4.69, 9.17) is 5.21 Å². The quantitative estimate of drug-likeness (QED) is 0.349. The third-order valence-electron chi connectivity index (χ3n) is 4.21. The molecule has 142 valence electrons. The van der Waals surface area contributed by atoms with Crippen molar-refractivity contribution in [2.45, 2.75) is 12.5 Å². The summed E-state index contributed by atoms with van der Waals surface area (Å²) in [6, 6.07) is 5.00. The summed E-state index contributed by atoms with van der Waals surface area (Å²) in [6.07, 6.45) is 0.316. The van der Waals surface area contributed by atoms with Crippen LogP contribution >= 0.6 is 22.6 Å². The van der Waals surface area contributed by atoms with E-state index in [9.17, 15) is 22.8 Å². The Morgan fingerprint density at radius 2 is 1.89 bits per heavy atom. The fourth-order valence-corrected chi connectivity index (χ4v) is 3.16. The Hall–Kier alpha value is -2.34. The van der Waals surface area contributed by atoms with Crippen molar-refractivity contribution in [1.82, 2.24) is 10.4 Å². The first-order valence-corrected chi connectivity index (χ1v) is 8.86. The summed E-state index contributed by atoms with van der Waals surface area (Å²) >= 11 is 1.89. The minimum Gasteiger partial charge on any atom is -0.350 e. The van der Waals surface area contributed by atoms with Gasteiger partial charge in [0.2, 0.25) is 0 Å². The van der Waals surface area contributed by atoms with Gasteiger partial charge in [0.25, 0.3) is 11.8 Å². The number of likely N-dealkylation sites (tertiary alicyclic amines) is 1. The molecule has 2 aromatic carbocycles. The van der Waals surface area contributed by atoms with Gasteiger partial charge in [0, 0.05) is 10.1 Å². The second kappa shape index (κ2) is 7.72. The van der Waals surface area contributed by atoms with Crippen LogP contribution in [0.1, 0.15) is 16.8 Å². The number of rotatable bonds is 4. The van der Waals surface area contributed by atoms with E-state index in [1.807, 2.05) is 22.6 Å². The van der Waals surface area contributed by atoms with Crippen LogP contribution < -0.4 is 10.8 Å². The highest BCUT2D eigenvalue weighted by Gasteiger charge is 2.39. The first kappa shape index (κ1) is 19.4. The molecule has 0 saturated carbocycles. The highest BCUT2D eigenvalue weighted by molar-refractivity contribution is 14.1. The van der Waals surface area contributed by atoms with Crippen LogP contribution in [0.4, 0.5) is 24.5 Å². The Kier molecular flexibility index (Phi) is 5.56. The lowest BCUT2D eigenvalue weighted by atomic mass is 9.99. The lowest BCUT2D eigenvalue weighted by Gasteiger charge is -2.39. The molecule has 0 bridgehead atoms. The molecule has 3 N–H and O–H groups in total. The molecule has 1 fully saturated rings. The molecule has 0 aromatic heterocycles. The van der Waals surface area contributed by atoms with E-state index in [2.05, 4.69) is 5.32 Å². The highest BCUT2D eigenvalue weighted by atomic mass is 127. The SMILES string of the molecule is O=C(NO)C1CCN1C(=O)c1ccc(F)c(F)c1Nc1ccc(I)cc1F. The van der Waals surface area contributed by atoms with Crippen molar-refractivity contribution in [2.75, 3.05) is 11.9 Å². The Labute approximate surface area is 165 Å². The number of carbonyl (C=O) groups is 2. The van der Waals surface area contributed by atoms with Crippen LogP contribution in [-0.2, 0) is 4.79 Å². The molecule has 0 radical (unpaired) electrons. The first-order valence-electron chi connectivity index (χ1n) is 7.78. The van der Waals surface area contributed by atoms with Crippen LogP contribution in [0.15, 0.2) is 30.3 Å². The molecule has 3 rings (SSSR count). The highest BCUT2D eigenvalue weighted by Crippen LogP contribution is 2.31. The largest absolute Gasteiger partial charge is 0.350 e. The summed E-state index contributed by atoms with van der Waals surface area (Å²) in [4.78, 5) is 25.4. The van der Waals surface area contributed by atoms with Crippen LogP contribution in [-0.4, -0.2) is 34.5 Å². The third-order valence-corrected chi connectivity index (χ3v) is 4.88. The number of hydroxylamine groups is 1.